The Bertz CT molecular complexity index is 603. The van der Waals surface area contributed by atoms with Gasteiger partial charge in [-0.1, -0.05) is 12.1 Å². The highest BCUT2D eigenvalue weighted by Gasteiger charge is 2.18. The molecule has 0 amide bonds. The lowest BCUT2D eigenvalue weighted by Gasteiger charge is -2.09. The van der Waals surface area contributed by atoms with Crippen LogP contribution in [0.15, 0.2) is 24.3 Å². The van der Waals surface area contributed by atoms with Gasteiger partial charge >= 0.3 is 0 Å². The van der Waals surface area contributed by atoms with E-state index >= 15 is 0 Å². The van der Waals surface area contributed by atoms with Crippen LogP contribution in [0, 0.1) is 0 Å². The van der Waals surface area contributed by atoms with Gasteiger partial charge in [-0.15, -0.1) is 11.3 Å². The van der Waals surface area contributed by atoms with Crippen LogP contribution >= 0.6 is 23.1 Å². The highest BCUT2D eigenvalue weighted by atomic mass is 32.2. The number of benzene rings is 1. The molecule has 18 heavy (non-hydrogen) atoms. The van der Waals surface area contributed by atoms with Crippen molar-refractivity contribution in [1.82, 2.24) is 4.98 Å². The topological polar surface area (TPSA) is 67.3 Å². The summed E-state index contributed by atoms with van der Waals surface area (Å²) in [5.41, 5.74) is 0.934. The van der Waals surface area contributed by atoms with Gasteiger partial charge in [0.15, 0.2) is 0 Å². The van der Waals surface area contributed by atoms with E-state index in [0.717, 1.165) is 15.2 Å². The molecule has 0 radical (unpaired) electrons. The summed E-state index contributed by atoms with van der Waals surface area (Å²) < 4.78 is 31.8. The number of thiazole rings is 1. The third-order valence-corrected chi connectivity index (χ3v) is 5.56. The van der Waals surface area contributed by atoms with Gasteiger partial charge in [-0.05, 0) is 18.4 Å². The molecule has 98 valence electrons. The van der Waals surface area contributed by atoms with Gasteiger partial charge in [0.1, 0.15) is 0 Å². The molecule has 2 rings (SSSR count). The average Bonchev–Trinajstić information content (AvgIpc) is 2.68. The number of fused-ring (bicyclic) bond motifs is 1. The third-order valence-electron chi connectivity index (χ3n) is 2.47. The first-order valence-electron chi connectivity index (χ1n) is 5.30. The first-order valence-corrected chi connectivity index (χ1v) is 9.01. The van der Waals surface area contributed by atoms with Crippen molar-refractivity contribution in [1.29, 1.82) is 0 Å². The number of thioether (sulfide) groups is 1. The SMILES string of the molecule is CSC(Cc1nc2ccccc2s1)CS(=O)(=O)O. The molecule has 0 saturated heterocycles. The van der Waals surface area contributed by atoms with Crippen LogP contribution in [0.25, 0.3) is 10.2 Å². The Hall–Kier alpha value is -0.630. The van der Waals surface area contributed by atoms with Crippen molar-refractivity contribution < 1.29 is 13.0 Å². The maximum Gasteiger partial charge on any atom is 0.265 e. The lowest BCUT2D eigenvalue weighted by molar-refractivity contribution is 0.482. The summed E-state index contributed by atoms with van der Waals surface area (Å²) in [5, 5.41) is 0.736. The van der Waals surface area contributed by atoms with Crippen LogP contribution in [-0.2, 0) is 16.5 Å². The minimum atomic E-state index is -3.93. The van der Waals surface area contributed by atoms with Crippen molar-refractivity contribution in [3.63, 3.8) is 0 Å². The summed E-state index contributed by atoms with van der Waals surface area (Å²) in [6.07, 6.45) is 2.39. The fraction of sp³-hybridized carbons (Fsp3) is 0.364. The van der Waals surface area contributed by atoms with E-state index in [0.29, 0.717) is 6.42 Å². The number of hydrogen-bond donors (Lipinski definition) is 1. The van der Waals surface area contributed by atoms with Gasteiger partial charge in [0.2, 0.25) is 0 Å². The predicted octanol–water partition coefficient (Wildman–Crippen LogP) is 2.46. The minimum Gasteiger partial charge on any atom is -0.286 e. The van der Waals surface area contributed by atoms with E-state index in [-0.39, 0.29) is 11.0 Å². The van der Waals surface area contributed by atoms with E-state index in [4.69, 9.17) is 4.55 Å². The fourth-order valence-corrected chi connectivity index (χ4v) is 4.77. The molecule has 1 atom stereocenters. The maximum absolute atomic E-state index is 10.9. The van der Waals surface area contributed by atoms with Crippen LogP contribution in [-0.4, -0.2) is 35.2 Å². The normalized spacial score (nSPS) is 13.9. The molecule has 1 aromatic carbocycles. The Kier molecular flexibility index (Phi) is 4.26. The van der Waals surface area contributed by atoms with Crippen molar-refractivity contribution in [2.75, 3.05) is 12.0 Å². The molecule has 0 fully saturated rings. The zero-order chi connectivity index (χ0) is 13.2. The molecule has 2 aromatic rings. The van der Waals surface area contributed by atoms with Gasteiger partial charge in [-0.2, -0.15) is 20.2 Å². The Balaban J connectivity index is 2.16. The number of hydrogen-bond acceptors (Lipinski definition) is 5. The van der Waals surface area contributed by atoms with E-state index in [1.165, 1.54) is 11.8 Å². The molecule has 4 nitrogen and oxygen atoms in total. The Morgan fingerprint density at radius 2 is 2.17 bits per heavy atom. The molecule has 1 aromatic heterocycles. The predicted molar refractivity (Wildman–Crippen MR) is 77.0 cm³/mol. The van der Waals surface area contributed by atoms with Crippen LogP contribution in [0.3, 0.4) is 0 Å². The lowest BCUT2D eigenvalue weighted by Crippen LogP contribution is -2.19. The zero-order valence-corrected chi connectivity index (χ0v) is 12.2. The van der Waals surface area contributed by atoms with Crippen molar-refractivity contribution in [2.24, 2.45) is 0 Å². The molecular formula is C11H13NO3S3. The van der Waals surface area contributed by atoms with Crippen LogP contribution in [0.2, 0.25) is 0 Å². The smallest absolute Gasteiger partial charge is 0.265 e. The number of para-hydroxylation sites is 1. The Morgan fingerprint density at radius 3 is 2.78 bits per heavy atom. The molecular weight excluding hydrogens is 290 g/mol. The number of aromatic nitrogens is 1. The van der Waals surface area contributed by atoms with Crippen LogP contribution in [0.1, 0.15) is 5.01 Å². The average molecular weight is 303 g/mol. The van der Waals surface area contributed by atoms with Gasteiger partial charge in [-0.25, -0.2) is 4.98 Å². The monoisotopic (exact) mass is 303 g/mol. The second-order valence-electron chi connectivity index (χ2n) is 3.89. The van der Waals surface area contributed by atoms with E-state index in [2.05, 4.69) is 4.98 Å². The first kappa shape index (κ1) is 13.8. The van der Waals surface area contributed by atoms with Gasteiger partial charge in [0, 0.05) is 11.7 Å². The maximum atomic E-state index is 10.9. The van der Waals surface area contributed by atoms with E-state index in [1.807, 2.05) is 30.5 Å². The molecule has 0 saturated carbocycles. The summed E-state index contributed by atoms with van der Waals surface area (Å²) in [4.78, 5) is 4.46. The molecule has 0 aliphatic carbocycles. The minimum absolute atomic E-state index is 0.166. The highest BCUT2D eigenvalue weighted by Crippen LogP contribution is 2.25. The lowest BCUT2D eigenvalue weighted by atomic mass is 10.3. The molecule has 0 aliphatic rings. The van der Waals surface area contributed by atoms with Gasteiger partial charge in [0.25, 0.3) is 10.1 Å². The molecule has 0 aliphatic heterocycles. The van der Waals surface area contributed by atoms with Gasteiger partial charge < -0.3 is 0 Å². The Labute approximate surface area is 114 Å². The van der Waals surface area contributed by atoms with Crippen LogP contribution < -0.4 is 0 Å². The number of nitrogens with zero attached hydrogens (tertiary/aromatic N) is 1. The Morgan fingerprint density at radius 1 is 1.44 bits per heavy atom. The van der Waals surface area contributed by atoms with E-state index in [9.17, 15) is 8.42 Å². The second kappa shape index (κ2) is 5.56. The summed E-state index contributed by atoms with van der Waals surface area (Å²) in [6.45, 7) is 0. The summed E-state index contributed by atoms with van der Waals surface area (Å²) in [7, 11) is -3.93. The van der Waals surface area contributed by atoms with E-state index in [1.54, 1.807) is 11.3 Å². The molecule has 7 heteroatoms. The van der Waals surface area contributed by atoms with Crippen LogP contribution in [0.5, 0.6) is 0 Å². The molecule has 0 spiro atoms. The number of rotatable bonds is 5. The highest BCUT2D eigenvalue weighted by molar-refractivity contribution is 8.00. The third kappa shape index (κ3) is 3.68. The van der Waals surface area contributed by atoms with Crippen molar-refractivity contribution in [2.45, 2.75) is 11.7 Å². The van der Waals surface area contributed by atoms with Gasteiger partial charge in [0.05, 0.1) is 21.0 Å². The zero-order valence-electron chi connectivity index (χ0n) is 9.74. The van der Waals surface area contributed by atoms with Crippen LogP contribution in [0.4, 0.5) is 0 Å². The summed E-state index contributed by atoms with van der Waals surface area (Å²) >= 11 is 3.00. The standard InChI is InChI=1S/C11H13NO3S3/c1-16-8(7-18(13,14)15)6-11-12-9-4-2-3-5-10(9)17-11/h2-5,8H,6-7H2,1H3,(H,13,14,15). The summed E-state index contributed by atoms with van der Waals surface area (Å²) in [6, 6.07) is 7.81. The molecule has 1 unspecified atom stereocenters. The molecule has 1 N–H and O–H groups in total. The quantitative estimate of drug-likeness (QED) is 0.859. The first-order chi connectivity index (χ1) is 8.48. The molecule has 1 heterocycles. The van der Waals surface area contributed by atoms with Crippen molar-refractivity contribution >= 4 is 43.4 Å². The van der Waals surface area contributed by atoms with E-state index < -0.39 is 10.1 Å². The summed E-state index contributed by atoms with van der Waals surface area (Å²) in [5.74, 6) is -0.232. The van der Waals surface area contributed by atoms with Crippen molar-refractivity contribution in [3.05, 3.63) is 29.3 Å². The second-order valence-corrected chi connectivity index (χ2v) is 7.64. The van der Waals surface area contributed by atoms with Gasteiger partial charge in [-0.3, -0.25) is 4.55 Å². The van der Waals surface area contributed by atoms with Crippen molar-refractivity contribution in [3.8, 4) is 0 Å². The largest absolute Gasteiger partial charge is 0.286 e. The fourth-order valence-electron chi connectivity index (χ4n) is 1.65. The molecule has 0 bridgehead atoms.